The highest BCUT2D eigenvalue weighted by Crippen LogP contribution is 2.32. The van der Waals surface area contributed by atoms with Gasteiger partial charge in [0.05, 0.1) is 17.6 Å². The molecule has 0 spiro atoms. The lowest BCUT2D eigenvalue weighted by Gasteiger charge is -2.16. The predicted octanol–water partition coefficient (Wildman–Crippen LogP) is 3.39. The fourth-order valence-corrected chi connectivity index (χ4v) is 3.00. The minimum absolute atomic E-state index is 0.210. The van der Waals surface area contributed by atoms with Gasteiger partial charge < -0.3 is 9.73 Å². The van der Waals surface area contributed by atoms with E-state index in [1.54, 1.807) is 17.8 Å². The SMILES string of the molecule is CNc1c(-c2cnco2)c(=O)n(-c2ccccc2)c2nc(C)ccc12. The molecule has 25 heavy (non-hydrogen) atoms. The Morgan fingerprint density at radius 3 is 2.60 bits per heavy atom. The highest BCUT2D eigenvalue weighted by atomic mass is 16.3. The number of pyridine rings is 2. The van der Waals surface area contributed by atoms with Crippen LogP contribution in [0.15, 0.2) is 64.3 Å². The summed E-state index contributed by atoms with van der Waals surface area (Å²) in [6, 6.07) is 13.3. The second kappa shape index (κ2) is 5.90. The second-order valence-electron chi connectivity index (χ2n) is 5.67. The van der Waals surface area contributed by atoms with E-state index in [9.17, 15) is 4.79 Å². The summed E-state index contributed by atoms with van der Waals surface area (Å²) in [7, 11) is 1.78. The summed E-state index contributed by atoms with van der Waals surface area (Å²) >= 11 is 0. The van der Waals surface area contributed by atoms with Gasteiger partial charge in [-0.3, -0.25) is 9.36 Å². The van der Waals surface area contributed by atoms with Crippen LogP contribution in [0.4, 0.5) is 5.69 Å². The number of benzene rings is 1. The van der Waals surface area contributed by atoms with E-state index in [4.69, 9.17) is 4.42 Å². The highest BCUT2D eigenvalue weighted by Gasteiger charge is 2.21. The number of hydrogen-bond donors (Lipinski definition) is 1. The first-order valence-electron chi connectivity index (χ1n) is 7.89. The summed E-state index contributed by atoms with van der Waals surface area (Å²) in [4.78, 5) is 21.9. The summed E-state index contributed by atoms with van der Waals surface area (Å²) in [6.45, 7) is 1.91. The molecule has 1 N–H and O–H groups in total. The average molecular weight is 332 g/mol. The van der Waals surface area contributed by atoms with Crippen molar-refractivity contribution in [2.24, 2.45) is 0 Å². The van der Waals surface area contributed by atoms with Crippen LogP contribution in [-0.4, -0.2) is 21.6 Å². The van der Waals surface area contributed by atoms with Gasteiger partial charge in [0, 0.05) is 18.1 Å². The van der Waals surface area contributed by atoms with Gasteiger partial charge in [-0.15, -0.1) is 0 Å². The number of aryl methyl sites for hydroxylation is 1. The molecule has 0 fully saturated rings. The van der Waals surface area contributed by atoms with Crippen LogP contribution in [-0.2, 0) is 0 Å². The molecule has 4 rings (SSSR count). The lowest BCUT2D eigenvalue weighted by Crippen LogP contribution is -2.23. The van der Waals surface area contributed by atoms with Crippen LogP contribution in [0.2, 0.25) is 0 Å². The molecule has 6 nitrogen and oxygen atoms in total. The Morgan fingerprint density at radius 1 is 1.12 bits per heavy atom. The summed E-state index contributed by atoms with van der Waals surface area (Å²) in [5, 5.41) is 3.96. The van der Waals surface area contributed by atoms with Crippen molar-refractivity contribution in [2.45, 2.75) is 6.92 Å². The van der Waals surface area contributed by atoms with E-state index in [0.29, 0.717) is 22.7 Å². The van der Waals surface area contributed by atoms with Gasteiger partial charge in [0.15, 0.2) is 12.2 Å². The maximum Gasteiger partial charge on any atom is 0.270 e. The number of nitrogens with one attached hydrogen (secondary N) is 1. The minimum atomic E-state index is -0.210. The maximum atomic E-state index is 13.4. The number of para-hydroxylation sites is 1. The van der Waals surface area contributed by atoms with E-state index >= 15 is 0 Å². The van der Waals surface area contributed by atoms with E-state index in [0.717, 1.165) is 16.8 Å². The molecule has 0 bridgehead atoms. The first kappa shape index (κ1) is 15.1. The molecule has 3 aromatic heterocycles. The van der Waals surface area contributed by atoms with Crippen LogP contribution in [0.25, 0.3) is 28.0 Å². The first-order chi connectivity index (χ1) is 12.2. The third kappa shape index (κ3) is 2.39. The van der Waals surface area contributed by atoms with Gasteiger partial charge in [0.2, 0.25) is 0 Å². The number of aromatic nitrogens is 3. The van der Waals surface area contributed by atoms with Crippen LogP contribution in [0.3, 0.4) is 0 Å². The molecule has 124 valence electrons. The van der Waals surface area contributed by atoms with Crippen molar-refractivity contribution in [1.82, 2.24) is 14.5 Å². The fourth-order valence-electron chi connectivity index (χ4n) is 3.00. The summed E-state index contributed by atoms with van der Waals surface area (Å²) in [5.74, 6) is 0.418. The zero-order valence-corrected chi connectivity index (χ0v) is 13.9. The molecule has 0 atom stereocenters. The molecule has 0 aliphatic carbocycles. The van der Waals surface area contributed by atoms with E-state index in [1.807, 2.05) is 49.4 Å². The van der Waals surface area contributed by atoms with Crippen LogP contribution in [0.1, 0.15) is 5.69 Å². The molecule has 0 saturated heterocycles. The molecule has 6 heteroatoms. The van der Waals surface area contributed by atoms with Crippen molar-refractivity contribution >= 4 is 16.7 Å². The Hall–Kier alpha value is -3.41. The number of hydrogen-bond acceptors (Lipinski definition) is 5. The fraction of sp³-hybridized carbons (Fsp3) is 0.105. The third-order valence-electron chi connectivity index (χ3n) is 4.11. The van der Waals surface area contributed by atoms with Gasteiger partial charge in [0.1, 0.15) is 11.2 Å². The Bertz CT molecular complexity index is 1100. The largest absolute Gasteiger partial charge is 0.443 e. The van der Waals surface area contributed by atoms with E-state index in [2.05, 4.69) is 15.3 Å². The van der Waals surface area contributed by atoms with Crippen molar-refractivity contribution in [3.05, 3.63) is 71.1 Å². The molecule has 3 heterocycles. The molecule has 0 amide bonds. The Labute approximate surface area is 143 Å². The first-order valence-corrected chi connectivity index (χ1v) is 7.89. The third-order valence-corrected chi connectivity index (χ3v) is 4.11. The Balaban J connectivity index is 2.22. The lowest BCUT2D eigenvalue weighted by molar-refractivity contribution is 0.571. The molecule has 0 unspecified atom stereocenters. The molecule has 0 saturated carbocycles. The van der Waals surface area contributed by atoms with Gasteiger partial charge in [0.25, 0.3) is 5.56 Å². The smallest absolute Gasteiger partial charge is 0.270 e. The topological polar surface area (TPSA) is 73.0 Å². The number of anilines is 1. The monoisotopic (exact) mass is 332 g/mol. The average Bonchev–Trinajstić information content (AvgIpc) is 3.15. The molecule has 1 aromatic carbocycles. The maximum absolute atomic E-state index is 13.4. The van der Waals surface area contributed by atoms with Crippen LogP contribution in [0.5, 0.6) is 0 Å². The van der Waals surface area contributed by atoms with Crippen molar-refractivity contribution in [2.75, 3.05) is 12.4 Å². The van der Waals surface area contributed by atoms with Crippen molar-refractivity contribution in [3.8, 4) is 17.0 Å². The highest BCUT2D eigenvalue weighted by molar-refractivity contribution is 5.97. The molecular weight excluding hydrogens is 316 g/mol. The van der Waals surface area contributed by atoms with Gasteiger partial charge >= 0.3 is 0 Å². The second-order valence-corrected chi connectivity index (χ2v) is 5.67. The number of rotatable bonds is 3. The van der Waals surface area contributed by atoms with Crippen molar-refractivity contribution in [3.63, 3.8) is 0 Å². The summed E-state index contributed by atoms with van der Waals surface area (Å²) in [5.41, 5.74) is 3.09. The molecule has 4 aromatic rings. The van der Waals surface area contributed by atoms with Crippen molar-refractivity contribution in [1.29, 1.82) is 0 Å². The number of fused-ring (bicyclic) bond motifs is 1. The van der Waals surface area contributed by atoms with Crippen molar-refractivity contribution < 1.29 is 4.42 Å². The quantitative estimate of drug-likeness (QED) is 0.622. The summed E-state index contributed by atoms with van der Waals surface area (Å²) < 4.78 is 7.03. The molecule has 0 radical (unpaired) electrons. The zero-order chi connectivity index (χ0) is 17.4. The van der Waals surface area contributed by atoms with Gasteiger partial charge in [-0.05, 0) is 31.2 Å². The normalized spacial score (nSPS) is 11.0. The summed E-state index contributed by atoms with van der Waals surface area (Å²) in [6.07, 6.45) is 2.86. The van der Waals surface area contributed by atoms with E-state index in [-0.39, 0.29) is 5.56 Å². The number of oxazole rings is 1. The van der Waals surface area contributed by atoms with Crippen LogP contribution in [0, 0.1) is 6.92 Å². The zero-order valence-electron chi connectivity index (χ0n) is 13.9. The molecule has 0 aliphatic heterocycles. The Kier molecular flexibility index (Phi) is 3.57. The van der Waals surface area contributed by atoms with Crippen LogP contribution < -0.4 is 10.9 Å². The minimum Gasteiger partial charge on any atom is -0.443 e. The number of nitrogens with zero attached hydrogens (tertiary/aromatic N) is 3. The van der Waals surface area contributed by atoms with Gasteiger partial charge in [-0.1, -0.05) is 18.2 Å². The van der Waals surface area contributed by atoms with E-state index < -0.39 is 0 Å². The lowest BCUT2D eigenvalue weighted by atomic mass is 10.1. The Morgan fingerprint density at radius 2 is 1.92 bits per heavy atom. The van der Waals surface area contributed by atoms with Gasteiger partial charge in [-0.2, -0.15) is 0 Å². The van der Waals surface area contributed by atoms with Gasteiger partial charge in [-0.25, -0.2) is 9.97 Å². The van der Waals surface area contributed by atoms with E-state index in [1.165, 1.54) is 6.39 Å². The molecular formula is C19H16N4O2. The predicted molar refractivity (Wildman–Crippen MR) is 97.1 cm³/mol. The standard InChI is InChI=1S/C19H16N4O2/c1-12-8-9-14-17(20-2)16(15-10-21-11-25-15)19(24)23(18(14)22-12)13-6-4-3-5-7-13/h3-11,20H,1-2H3. The van der Waals surface area contributed by atoms with Crippen LogP contribution >= 0.6 is 0 Å². The molecule has 0 aliphatic rings.